The van der Waals surface area contributed by atoms with E-state index >= 15 is 0 Å². The normalized spacial score (nSPS) is 15.1. The number of nitrogens with zero attached hydrogens (tertiary/aromatic N) is 4. The topological polar surface area (TPSA) is 70.5 Å². The number of hydrogen-bond donors (Lipinski definition) is 1. The number of rotatable bonds is 4. The lowest BCUT2D eigenvalue weighted by Crippen LogP contribution is -2.49. The summed E-state index contributed by atoms with van der Waals surface area (Å²) in [5, 5.41) is 7.31. The number of piperazine rings is 1. The van der Waals surface area contributed by atoms with Gasteiger partial charge in [-0.15, -0.1) is 0 Å². The summed E-state index contributed by atoms with van der Waals surface area (Å²) in [6.45, 7) is 5.71. The molecule has 1 aromatic rings. The number of carbonyl (C=O) groups is 1. The second-order valence-electron chi connectivity index (χ2n) is 4.95. The van der Waals surface area contributed by atoms with Gasteiger partial charge in [-0.05, 0) is 22.9 Å². The highest BCUT2D eigenvalue weighted by Crippen LogP contribution is 2.20. The highest BCUT2D eigenvalue weighted by Gasteiger charge is 2.19. The van der Waals surface area contributed by atoms with Gasteiger partial charge in [-0.25, -0.2) is 4.68 Å². The SMILES string of the molecule is CCn1ncc(N(C)CC(=O)N2CCNCC2)c(Br)c1=O. The maximum Gasteiger partial charge on any atom is 0.283 e. The fourth-order valence-electron chi connectivity index (χ4n) is 2.25. The predicted molar refractivity (Wildman–Crippen MR) is 84.6 cm³/mol. The fraction of sp³-hybridized carbons (Fsp3) is 0.615. The summed E-state index contributed by atoms with van der Waals surface area (Å²) in [7, 11) is 1.79. The van der Waals surface area contributed by atoms with Gasteiger partial charge in [-0.3, -0.25) is 9.59 Å². The molecule has 0 aliphatic carbocycles. The van der Waals surface area contributed by atoms with E-state index in [-0.39, 0.29) is 18.0 Å². The highest BCUT2D eigenvalue weighted by atomic mass is 79.9. The molecule has 2 heterocycles. The van der Waals surface area contributed by atoms with Crippen molar-refractivity contribution in [1.29, 1.82) is 0 Å². The number of likely N-dealkylation sites (N-methyl/N-ethyl adjacent to an activating group) is 1. The number of carbonyl (C=O) groups excluding carboxylic acids is 1. The van der Waals surface area contributed by atoms with Crippen LogP contribution in [0.4, 0.5) is 5.69 Å². The van der Waals surface area contributed by atoms with Crippen LogP contribution in [0, 0.1) is 0 Å². The average Bonchev–Trinajstić information content (AvgIpc) is 2.50. The molecule has 1 aliphatic rings. The van der Waals surface area contributed by atoms with Crippen molar-refractivity contribution in [3.8, 4) is 0 Å². The van der Waals surface area contributed by atoms with Crippen LogP contribution in [-0.4, -0.2) is 60.4 Å². The summed E-state index contributed by atoms with van der Waals surface area (Å²) in [6.07, 6.45) is 1.61. The first-order valence-corrected chi connectivity index (χ1v) is 7.79. The Morgan fingerprint density at radius 3 is 2.76 bits per heavy atom. The third kappa shape index (κ3) is 3.62. The molecular weight excluding hydrogens is 338 g/mol. The van der Waals surface area contributed by atoms with E-state index in [1.165, 1.54) is 4.68 Å². The molecule has 7 nitrogen and oxygen atoms in total. The first-order valence-electron chi connectivity index (χ1n) is 6.99. The Bertz CT molecular complexity index is 568. The van der Waals surface area contributed by atoms with Crippen LogP contribution in [0.3, 0.4) is 0 Å². The molecule has 1 saturated heterocycles. The van der Waals surface area contributed by atoms with Gasteiger partial charge in [-0.1, -0.05) is 0 Å². The Hall–Kier alpha value is -1.41. The van der Waals surface area contributed by atoms with E-state index in [0.29, 0.717) is 16.7 Å². The van der Waals surface area contributed by atoms with Crippen molar-refractivity contribution in [2.24, 2.45) is 0 Å². The van der Waals surface area contributed by atoms with Gasteiger partial charge in [0, 0.05) is 39.8 Å². The molecule has 116 valence electrons. The smallest absolute Gasteiger partial charge is 0.283 e. The lowest BCUT2D eigenvalue weighted by molar-refractivity contribution is -0.130. The lowest BCUT2D eigenvalue weighted by atomic mass is 10.3. The number of anilines is 1. The zero-order valence-corrected chi connectivity index (χ0v) is 13.9. The molecular formula is C13H20BrN5O2. The summed E-state index contributed by atoms with van der Waals surface area (Å²) in [5.41, 5.74) is 0.449. The van der Waals surface area contributed by atoms with Crippen LogP contribution in [0.5, 0.6) is 0 Å². The summed E-state index contributed by atoms with van der Waals surface area (Å²) in [6, 6.07) is 0. The van der Waals surface area contributed by atoms with Gasteiger partial charge in [-0.2, -0.15) is 5.10 Å². The Balaban J connectivity index is 2.09. The molecule has 0 radical (unpaired) electrons. The summed E-state index contributed by atoms with van der Waals surface area (Å²) in [4.78, 5) is 27.9. The van der Waals surface area contributed by atoms with Gasteiger partial charge < -0.3 is 15.1 Å². The Morgan fingerprint density at radius 1 is 1.48 bits per heavy atom. The average molecular weight is 358 g/mol. The minimum absolute atomic E-state index is 0.0607. The van der Waals surface area contributed by atoms with Gasteiger partial charge in [0.2, 0.25) is 5.91 Å². The minimum Gasteiger partial charge on any atom is -0.363 e. The number of halogens is 1. The van der Waals surface area contributed by atoms with Crippen LogP contribution in [0.1, 0.15) is 6.92 Å². The summed E-state index contributed by atoms with van der Waals surface area (Å²) < 4.78 is 1.81. The molecule has 1 fully saturated rings. The van der Waals surface area contributed by atoms with E-state index in [4.69, 9.17) is 0 Å². The molecule has 0 bridgehead atoms. The quantitative estimate of drug-likeness (QED) is 0.814. The van der Waals surface area contributed by atoms with Crippen molar-refractivity contribution in [2.75, 3.05) is 44.7 Å². The van der Waals surface area contributed by atoms with E-state index in [0.717, 1.165) is 26.2 Å². The van der Waals surface area contributed by atoms with Crippen molar-refractivity contribution >= 4 is 27.5 Å². The number of nitrogens with one attached hydrogen (secondary N) is 1. The van der Waals surface area contributed by atoms with Crippen molar-refractivity contribution in [2.45, 2.75) is 13.5 Å². The Labute approximate surface area is 132 Å². The second kappa shape index (κ2) is 7.04. The highest BCUT2D eigenvalue weighted by molar-refractivity contribution is 9.10. The number of amides is 1. The van der Waals surface area contributed by atoms with E-state index in [9.17, 15) is 9.59 Å². The molecule has 1 aliphatic heterocycles. The van der Waals surface area contributed by atoms with Crippen LogP contribution in [0.15, 0.2) is 15.5 Å². The number of hydrogen-bond acceptors (Lipinski definition) is 5. The van der Waals surface area contributed by atoms with Crippen molar-refractivity contribution < 1.29 is 4.79 Å². The van der Waals surface area contributed by atoms with Crippen molar-refractivity contribution in [3.05, 3.63) is 21.0 Å². The summed E-state index contributed by atoms with van der Waals surface area (Å²) >= 11 is 3.31. The zero-order valence-electron chi connectivity index (χ0n) is 12.3. The molecule has 1 N–H and O–H groups in total. The molecule has 0 unspecified atom stereocenters. The van der Waals surface area contributed by atoms with Crippen LogP contribution < -0.4 is 15.8 Å². The molecule has 2 rings (SSSR count). The third-order valence-electron chi connectivity index (χ3n) is 3.52. The van der Waals surface area contributed by atoms with Crippen molar-refractivity contribution in [1.82, 2.24) is 20.0 Å². The van der Waals surface area contributed by atoms with Gasteiger partial charge in [0.05, 0.1) is 18.4 Å². The van der Waals surface area contributed by atoms with Crippen LogP contribution in [-0.2, 0) is 11.3 Å². The standard InChI is InChI=1S/C13H20BrN5O2/c1-3-19-13(21)12(14)10(8-16-19)17(2)9-11(20)18-6-4-15-5-7-18/h8,15H,3-7,9H2,1-2H3. The number of aromatic nitrogens is 2. The Morgan fingerprint density at radius 2 is 2.14 bits per heavy atom. The third-order valence-corrected chi connectivity index (χ3v) is 4.26. The molecule has 0 spiro atoms. The lowest BCUT2D eigenvalue weighted by Gasteiger charge is -2.29. The van der Waals surface area contributed by atoms with Crippen LogP contribution >= 0.6 is 15.9 Å². The van der Waals surface area contributed by atoms with Crippen LogP contribution in [0.2, 0.25) is 0 Å². The Kier molecular flexibility index (Phi) is 5.35. The first kappa shape index (κ1) is 16.0. The molecule has 8 heteroatoms. The first-order chi connectivity index (χ1) is 10.0. The molecule has 0 aromatic carbocycles. The van der Waals surface area contributed by atoms with E-state index in [1.54, 1.807) is 18.1 Å². The van der Waals surface area contributed by atoms with E-state index in [1.807, 2.05) is 11.8 Å². The molecule has 1 aromatic heterocycles. The number of aryl methyl sites for hydroxylation is 1. The second-order valence-corrected chi connectivity index (χ2v) is 5.74. The maximum atomic E-state index is 12.2. The summed E-state index contributed by atoms with van der Waals surface area (Å²) in [5.74, 6) is 0.0607. The molecule has 0 saturated carbocycles. The van der Waals surface area contributed by atoms with Gasteiger partial charge in [0.1, 0.15) is 4.47 Å². The largest absolute Gasteiger partial charge is 0.363 e. The molecule has 21 heavy (non-hydrogen) atoms. The monoisotopic (exact) mass is 357 g/mol. The predicted octanol–water partition coefficient (Wildman–Crippen LogP) is -0.106. The van der Waals surface area contributed by atoms with Crippen molar-refractivity contribution in [3.63, 3.8) is 0 Å². The van der Waals surface area contributed by atoms with Crippen LogP contribution in [0.25, 0.3) is 0 Å². The molecule has 0 atom stereocenters. The van der Waals surface area contributed by atoms with E-state index < -0.39 is 0 Å². The molecule has 1 amide bonds. The maximum absolute atomic E-state index is 12.2. The zero-order chi connectivity index (χ0) is 15.4. The fourth-order valence-corrected chi connectivity index (χ4v) is 2.86. The van der Waals surface area contributed by atoms with Gasteiger partial charge in [0.15, 0.2) is 0 Å². The van der Waals surface area contributed by atoms with Gasteiger partial charge in [0.25, 0.3) is 5.56 Å². The van der Waals surface area contributed by atoms with Gasteiger partial charge >= 0.3 is 0 Å². The minimum atomic E-state index is -0.184. The van der Waals surface area contributed by atoms with E-state index in [2.05, 4.69) is 26.3 Å².